The van der Waals surface area contributed by atoms with Gasteiger partial charge in [0.15, 0.2) is 0 Å². The second kappa shape index (κ2) is 16.2. The van der Waals surface area contributed by atoms with Crippen LogP contribution in [0, 0.1) is 19.3 Å². The predicted octanol–water partition coefficient (Wildman–Crippen LogP) is 2.00. The molecule has 38 heavy (non-hydrogen) atoms. The van der Waals surface area contributed by atoms with Gasteiger partial charge in [-0.3, -0.25) is 4.79 Å². The molecule has 1 amide bonds. The second-order valence-corrected chi connectivity index (χ2v) is 9.57. The molecular weight excluding hydrogens is 510 g/mol. The molecule has 0 fully saturated rings. The van der Waals surface area contributed by atoms with Crippen molar-refractivity contribution in [2.24, 2.45) is 0 Å². The highest BCUT2D eigenvalue weighted by Crippen LogP contribution is 2.32. The van der Waals surface area contributed by atoms with Gasteiger partial charge in [0.1, 0.15) is 12.4 Å². The molecule has 1 N–H and O–H groups in total. The molecule has 206 valence electrons. The van der Waals surface area contributed by atoms with Gasteiger partial charge in [-0.15, -0.1) is 6.42 Å². The van der Waals surface area contributed by atoms with Crippen molar-refractivity contribution in [3.63, 3.8) is 0 Å². The van der Waals surface area contributed by atoms with Crippen LogP contribution in [0.5, 0.6) is 5.75 Å². The molecule has 1 unspecified atom stereocenters. The average Bonchev–Trinajstić information content (AvgIpc) is 2.93. The summed E-state index contributed by atoms with van der Waals surface area (Å²) in [5.74, 6) is 3.38. The highest BCUT2D eigenvalue weighted by molar-refractivity contribution is 7.99. The van der Waals surface area contributed by atoms with Crippen LogP contribution in [0.25, 0.3) is 0 Å². The molecule has 0 spiro atoms. The first-order valence-corrected chi connectivity index (χ1v) is 13.4. The fourth-order valence-corrected chi connectivity index (χ4v) is 4.81. The number of amides is 1. The summed E-state index contributed by atoms with van der Waals surface area (Å²) in [5, 5.41) is 0.656. The molecule has 2 aromatic rings. The van der Waals surface area contributed by atoms with Crippen LogP contribution in [0.2, 0.25) is 0 Å². The number of aryl methyl sites for hydroxylation is 1. The SMILES string of the molecule is C#CCOCCOCCOCCOCC1CN(C(=O)CSc2[nH]c(=O)ncc2C)Cc2ccc(OC)cc21. The van der Waals surface area contributed by atoms with Gasteiger partial charge in [0.2, 0.25) is 5.91 Å². The number of fused-ring (bicyclic) bond motifs is 1. The minimum Gasteiger partial charge on any atom is -0.497 e. The predicted molar refractivity (Wildman–Crippen MR) is 144 cm³/mol. The quantitative estimate of drug-likeness (QED) is 0.147. The van der Waals surface area contributed by atoms with Crippen LogP contribution >= 0.6 is 11.8 Å². The van der Waals surface area contributed by atoms with Gasteiger partial charge in [-0.25, -0.2) is 9.78 Å². The molecule has 0 saturated carbocycles. The summed E-state index contributed by atoms with van der Waals surface area (Å²) in [6.07, 6.45) is 6.62. The van der Waals surface area contributed by atoms with E-state index in [0.29, 0.717) is 64.4 Å². The number of rotatable bonds is 16. The van der Waals surface area contributed by atoms with Crippen LogP contribution in [-0.4, -0.2) is 93.0 Å². The number of thioether (sulfide) groups is 1. The molecule has 1 atom stereocenters. The smallest absolute Gasteiger partial charge is 0.345 e. The third-order valence-electron chi connectivity index (χ3n) is 5.86. The molecule has 0 saturated heterocycles. The number of aromatic amines is 1. The second-order valence-electron chi connectivity index (χ2n) is 8.58. The van der Waals surface area contributed by atoms with E-state index in [0.717, 1.165) is 22.4 Å². The van der Waals surface area contributed by atoms with Crippen LogP contribution in [0.4, 0.5) is 0 Å². The van der Waals surface area contributed by atoms with Gasteiger partial charge < -0.3 is 33.6 Å². The highest BCUT2D eigenvalue weighted by Gasteiger charge is 2.29. The maximum Gasteiger partial charge on any atom is 0.345 e. The van der Waals surface area contributed by atoms with Crippen molar-refractivity contribution < 1.29 is 28.5 Å². The molecule has 1 aliphatic heterocycles. The Labute approximate surface area is 227 Å². The van der Waals surface area contributed by atoms with Crippen molar-refractivity contribution >= 4 is 17.7 Å². The monoisotopic (exact) mass is 545 g/mol. The summed E-state index contributed by atoms with van der Waals surface area (Å²) in [6, 6.07) is 5.92. The number of nitrogens with one attached hydrogen (secondary N) is 1. The number of H-pyrrole nitrogens is 1. The zero-order valence-corrected chi connectivity index (χ0v) is 22.7. The van der Waals surface area contributed by atoms with E-state index in [9.17, 15) is 9.59 Å². The lowest BCUT2D eigenvalue weighted by Crippen LogP contribution is -2.40. The molecular formula is C27H35N3O7S. The number of ether oxygens (including phenoxy) is 5. The van der Waals surface area contributed by atoms with E-state index >= 15 is 0 Å². The molecule has 11 heteroatoms. The Hall–Kier alpha value is -2.88. The van der Waals surface area contributed by atoms with Gasteiger partial charge in [0.25, 0.3) is 0 Å². The Morgan fingerprint density at radius 3 is 2.58 bits per heavy atom. The molecule has 0 aliphatic carbocycles. The number of nitrogens with zero attached hydrogens (tertiary/aromatic N) is 2. The summed E-state index contributed by atoms with van der Waals surface area (Å²) in [4.78, 5) is 32.9. The third kappa shape index (κ3) is 9.45. The number of hydrogen-bond donors (Lipinski definition) is 1. The summed E-state index contributed by atoms with van der Waals surface area (Å²) >= 11 is 1.31. The summed E-state index contributed by atoms with van der Waals surface area (Å²) in [7, 11) is 1.64. The Morgan fingerprint density at radius 2 is 1.87 bits per heavy atom. The minimum absolute atomic E-state index is 0.00314. The number of hydrogen-bond acceptors (Lipinski definition) is 9. The van der Waals surface area contributed by atoms with Crippen LogP contribution in [-0.2, 0) is 30.3 Å². The third-order valence-corrected chi connectivity index (χ3v) is 6.97. The zero-order chi connectivity index (χ0) is 27.2. The van der Waals surface area contributed by atoms with Crippen LogP contribution < -0.4 is 10.4 Å². The fraction of sp³-hybridized carbons (Fsp3) is 0.519. The lowest BCUT2D eigenvalue weighted by molar-refractivity contribution is -0.129. The number of carbonyl (C=O) groups is 1. The van der Waals surface area contributed by atoms with Gasteiger partial charge in [-0.05, 0) is 35.7 Å². The van der Waals surface area contributed by atoms with E-state index in [1.54, 1.807) is 7.11 Å². The molecule has 10 nitrogen and oxygen atoms in total. The fourth-order valence-electron chi connectivity index (χ4n) is 3.92. The molecule has 1 aliphatic rings. The van der Waals surface area contributed by atoms with Crippen LogP contribution in [0.3, 0.4) is 0 Å². The van der Waals surface area contributed by atoms with Crippen LogP contribution in [0.1, 0.15) is 22.6 Å². The molecule has 1 aromatic carbocycles. The number of carbonyl (C=O) groups excluding carboxylic acids is 1. The van der Waals surface area contributed by atoms with Gasteiger partial charge in [0, 0.05) is 25.2 Å². The number of terminal acetylenes is 1. The summed E-state index contributed by atoms with van der Waals surface area (Å²) in [6.45, 7) is 6.36. The van der Waals surface area contributed by atoms with Crippen molar-refractivity contribution in [1.82, 2.24) is 14.9 Å². The summed E-state index contributed by atoms with van der Waals surface area (Å²) < 4.78 is 27.5. The zero-order valence-electron chi connectivity index (χ0n) is 21.9. The van der Waals surface area contributed by atoms with Gasteiger partial charge in [-0.2, -0.15) is 0 Å². The first-order chi connectivity index (χ1) is 18.5. The number of benzene rings is 1. The number of methoxy groups -OCH3 is 1. The van der Waals surface area contributed by atoms with Crippen molar-refractivity contribution in [3.8, 4) is 18.1 Å². The number of aromatic nitrogens is 2. The topological polar surface area (TPSA) is 112 Å². The van der Waals surface area contributed by atoms with E-state index in [2.05, 4.69) is 15.9 Å². The van der Waals surface area contributed by atoms with Crippen LogP contribution in [0.15, 0.2) is 34.2 Å². The minimum atomic E-state index is -0.425. The molecule has 0 radical (unpaired) electrons. The molecule has 0 bridgehead atoms. The molecule has 1 aromatic heterocycles. The lowest BCUT2D eigenvalue weighted by Gasteiger charge is -2.35. The first-order valence-electron chi connectivity index (χ1n) is 12.4. The largest absolute Gasteiger partial charge is 0.497 e. The van der Waals surface area contributed by atoms with Gasteiger partial charge in [-0.1, -0.05) is 23.7 Å². The maximum atomic E-state index is 13.1. The molecule has 3 rings (SSSR count). The standard InChI is InChI=1S/C27H35N3O7S/c1-4-7-34-8-9-35-10-11-36-12-13-37-18-22-17-30(16-21-5-6-23(33-3)14-24(21)22)25(31)19-38-26-20(2)15-28-27(32)29-26/h1,5-6,14-15,22H,7-13,16-19H2,2-3H3,(H,28,29,32). The van der Waals surface area contributed by atoms with E-state index in [1.807, 2.05) is 30.0 Å². The first kappa shape index (κ1) is 29.7. The van der Waals surface area contributed by atoms with Crippen molar-refractivity contribution in [2.45, 2.75) is 24.4 Å². The van der Waals surface area contributed by atoms with Crippen molar-refractivity contribution in [2.75, 3.05) is 72.3 Å². The lowest BCUT2D eigenvalue weighted by atomic mass is 9.90. The maximum absolute atomic E-state index is 13.1. The van der Waals surface area contributed by atoms with E-state index in [4.69, 9.17) is 30.1 Å². The van der Waals surface area contributed by atoms with Crippen molar-refractivity contribution in [3.05, 3.63) is 51.6 Å². The summed E-state index contributed by atoms with van der Waals surface area (Å²) in [5.41, 5.74) is 2.59. The van der Waals surface area contributed by atoms with E-state index < -0.39 is 5.69 Å². The Bertz CT molecular complexity index is 1130. The highest BCUT2D eigenvalue weighted by atomic mass is 32.2. The van der Waals surface area contributed by atoms with Crippen molar-refractivity contribution in [1.29, 1.82) is 0 Å². The Balaban J connectivity index is 1.47. The normalized spacial score (nSPS) is 14.7. The average molecular weight is 546 g/mol. The Kier molecular flexibility index (Phi) is 12.6. The molecule has 2 heterocycles. The Morgan fingerprint density at radius 1 is 1.16 bits per heavy atom. The van der Waals surface area contributed by atoms with Gasteiger partial charge in [0.05, 0.1) is 64.1 Å². The van der Waals surface area contributed by atoms with E-state index in [-0.39, 0.29) is 24.2 Å². The van der Waals surface area contributed by atoms with E-state index in [1.165, 1.54) is 18.0 Å². The van der Waals surface area contributed by atoms with Gasteiger partial charge >= 0.3 is 5.69 Å².